The van der Waals surface area contributed by atoms with E-state index in [1.807, 2.05) is 54.7 Å². The molecular formula is C27H20N4O2. The van der Waals surface area contributed by atoms with Gasteiger partial charge in [-0.1, -0.05) is 54.6 Å². The minimum absolute atomic E-state index is 0.231. The lowest BCUT2D eigenvalue weighted by Crippen LogP contribution is -1.99. The number of carboxylic acids is 1. The number of nitrogens with zero attached hydrogens (tertiary/aromatic N) is 3. The molecule has 5 aromatic rings. The molecular weight excluding hydrogens is 412 g/mol. The van der Waals surface area contributed by atoms with E-state index in [1.54, 1.807) is 35.2 Å². The number of carbonyl (C=O) groups is 1. The van der Waals surface area contributed by atoms with Crippen LogP contribution in [0.4, 0.5) is 5.69 Å². The van der Waals surface area contributed by atoms with E-state index in [4.69, 9.17) is 5.10 Å². The van der Waals surface area contributed by atoms with Gasteiger partial charge in [0.1, 0.15) is 5.69 Å². The van der Waals surface area contributed by atoms with Crippen molar-refractivity contribution in [2.45, 2.75) is 0 Å². The zero-order valence-corrected chi connectivity index (χ0v) is 17.6. The zero-order chi connectivity index (χ0) is 22.6. The van der Waals surface area contributed by atoms with E-state index >= 15 is 0 Å². The topological polar surface area (TPSA) is 79.5 Å². The average molecular weight is 432 g/mol. The third-order valence-electron chi connectivity index (χ3n) is 5.32. The van der Waals surface area contributed by atoms with Gasteiger partial charge in [-0.05, 0) is 53.2 Å². The van der Waals surface area contributed by atoms with Gasteiger partial charge in [-0.25, -0.2) is 9.48 Å². The van der Waals surface area contributed by atoms with Crippen LogP contribution in [-0.2, 0) is 0 Å². The largest absolute Gasteiger partial charge is 0.478 e. The third-order valence-corrected chi connectivity index (χ3v) is 5.32. The van der Waals surface area contributed by atoms with E-state index in [9.17, 15) is 9.90 Å². The van der Waals surface area contributed by atoms with Crippen LogP contribution in [0.25, 0.3) is 27.7 Å². The Morgan fingerprint density at radius 1 is 0.879 bits per heavy atom. The number of hydrazone groups is 1. The lowest BCUT2D eigenvalue weighted by atomic mass is 10.0. The Kier molecular flexibility index (Phi) is 5.39. The maximum absolute atomic E-state index is 11.2. The summed E-state index contributed by atoms with van der Waals surface area (Å²) in [5.41, 5.74) is 7.49. The second-order valence-corrected chi connectivity index (χ2v) is 7.53. The normalized spacial score (nSPS) is 11.2. The van der Waals surface area contributed by atoms with Crippen molar-refractivity contribution in [3.8, 4) is 16.9 Å². The van der Waals surface area contributed by atoms with Crippen molar-refractivity contribution in [2.24, 2.45) is 5.10 Å². The van der Waals surface area contributed by atoms with E-state index in [0.29, 0.717) is 0 Å². The first-order chi connectivity index (χ1) is 16.2. The Labute approximate surface area is 190 Å². The molecule has 33 heavy (non-hydrogen) atoms. The number of para-hydroxylation sites is 1. The Bertz CT molecular complexity index is 1460. The monoisotopic (exact) mass is 432 g/mol. The summed E-state index contributed by atoms with van der Waals surface area (Å²) >= 11 is 0. The maximum atomic E-state index is 11.2. The van der Waals surface area contributed by atoms with Crippen LogP contribution < -0.4 is 5.43 Å². The first-order valence-corrected chi connectivity index (χ1v) is 10.4. The predicted molar refractivity (Wildman–Crippen MR) is 131 cm³/mol. The van der Waals surface area contributed by atoms with Crippen LogP contribution in [0.15, 0.2) is 108 Å². The molecule has 0 bridgehead atoms. The molecule has 0 saturated carbocycles. The summed E-state index contributed by atoms with van der Waals surface area (Å²) in [6.07, 6.45) is 3.63. The van der Waals surface area contributed by atoms with Gasteiger partial charge in [-0.3, -0.25) is 5.43 Å². The summed E-state index contributed by atoms with van der Waals surface area (Å²) in [6.45, 7) is 0. The zero-order valence-electron chi connectivity index (χ0n) is 17.6. The first kappa shape index (κ1) is 20.2. The second-order valence-electron chi connectivity index (χ2n) is 7.53. The molecule has 0 amide bonds. The van der Waals surface area contributed by atoms with Crippen LogP contribution in [0.5, 0.6) is 0 Å². The van der Waals surface area contributed by atoms with E-state index < -0.39 is 5.97 Å². The number of anilines is 1. The molecule has 0 unspecified atom stereocenters. The van der Waals surface area contributed by atoms with Crippen LogP contribution >= 0.6 is 0 Å². The van der Waals surface area contributed by atoms with Gasteiger partial charge in [0.2, 0.25) is 0 Å². The molecule has 4 aromatic carbocycles. The number of nitrogens with one attached hydrogen (secondary N) is 1. The summed E-state index contributed by atoms with van der Waals surface area (Å²) in [6, 6.07) is 30.7. The van der Waals surface area contributed by atoms with Crippen molar-refractivity contribution in [3.05, 3.63) is 114 Å². The molecule has 0 fully saturated rings. The van der Waals surface area contributed by atoms with Crippen molar-refractivity contribution in [3.63, 3.8) is 0 Å². The van der Waals surface area contributed by atoms with Gasteiger partial charge in [0.05, 0.1) is 23.2 Å². The highest BCUT2D eigenvalue weighted by Crippen LogP contribution is 2.27. The smallest absolute Gasteiger partial charge is 0.335 e. The molecule has 1 heterocycles. The number of fused-ring (bicyclic) bond motifs is 1. The molecule has 6 heteroatoms. The number of benzene rings is 4. The fraction of sp³-hybridized carbons (Fsp3) is 0. The van der Waals surface area contributed by atoms with Crippen LogP contribution in [0, 0.1) is 0 Å². The van der Waals surface area contributed by atoms with Crippen molar-refractivity contribution in [1.82, 2.24) is 9.78 Å². The van der Waals surface area contributed by atoms with Gasteiger partial charge in [-0.2, -0.15) is 10.2 Å². The van der Waals surface area contributed by atoms with E-state index in [2.05, 4.69) is 34.8 Å². The standard InChI is InChI=1S/C27H20N4O2/c32-27(33)20-12-14-25(15-13-20)31-18-23(17-28-29-24-8-2-1-3-9-24)26(30-31)22-11-10-19-6-4-5-7-21(19)16-22/h1-18,29H,(H,32,33)/b28-17+. The molecule has 5 rings (SSSR count). The van der Waals surface area contributed by atoms with Gasteiger partial charge in [-0.15, -0.1) is 0 Å². The number of rotatable bonds is 6. The van der Waals surface area contributed by atoms with Gasteiger partial charge in [0, 0.05) is 17.3 Å². The molecule has 0 aliphatic carbocycles. The summed E-state index contributed by atoms with van der Waals surface area (Å²) < 4.78 is 1.74. The Morgan fingerprint density at radius 3 is 2.36 bits per heavy atom. The second kappa shape index (κ2) is 8.80. The molecule has 2 N–H and O–H groups in total. The van der Waals surface area contributed by atoms with Crippen LogP contribution in [0.1, 0.15) is 15.9 Å². The van der Waals surface area contributed by atoms with Gasteiger partial charge in [0.25, 0.3) is 0 Å². The van der Waals surface area contributed by atoms with Crippen molar-refractivity contribution in [2.75, 3.05) is 5.43 Å². The fourth-order valence-electron chi connectivity index (χ4n) is 3.62. The number of hydrogen-bond donors (Lipinski definition) is 2. The van der Waals surface area contributed by atoms with Gasteiger partial charge < -0.3 is 5.11 Å². The Morgan fingerprint density at radius 2 is 1.61 bits per heavy atom. The van der Waals surface area contributed by atoms with E-state index in [0.717, 1.165) is 39.0 Å². The van der Waals surface area contributed by atoms with E-state index in [-0.39, 0.29) is 5.56 Å². The van der Waals surface area contributed by atoms with Gasteiger partial charge >= 0.3 is 5.97 Å². The summed E-state index contributed by atoms with van der Waals surface area (Å²) in [4.78, 5) is 11.2. The summed E-state index contributed by atoms with van der Waals surface area (Å²) in [7, 11) is 0. The first-order valence-electron chi connectivity index (χ1n) is 10.4. The highest BCUT2D eigenvalue weighted by atomic mass is 16.4. The van der Waals surface area contributed by atoms with Crippen LogP contribution in [-0.4, -0.2) is 27.1 Å². The SMILES string of the molecule is O=C(O)c1ccc(-n2cc(/C=N/Nc3ccccc3)c(-c3ccc4ccccc4c3)n2)cc1. The molecule has 1 aromatic heterocycles. The molecule has 0 aliphatic rings. The van der Waals surface area contributed by atoms with Crippen molar-refractivity contribution < 1.29 is 9.90 Å². The minimum atomic E-state index is -0.960. The Hall–Kier alpha value is -4.71. The summed E-state index contributed by atoms with van der Waals surface area (Å²) in [5, 5.41) is 20.7. The lowest BCUT2D eigenvalue weighted by Gasteiger charge is -2.03. The molecule has 0 radical (unpaired) electrons. The average Bonchev–Trinajstić information content (AvgIpc) is 3.28. The molecule has 0 saturated heterocycles. The highest BCUT2D eigenvalue weighted by molar-refractivity contribution is 5.93. The molecule has 0 aliphatic heterocycles. The highest BCUT2D eigenvalue weighted by Gasteiger charge is 2.12. The number of hydrogen-bond acceptors (Lipinski definition) is 4. The van der Waals surface area contributed by atoms with Crippen molar-refractivity contribution >= 4 is 28.6 Å². The molecule has 0 spiro atoms. The Balaban J connectivity index is 1.55. The van der Waals surface area contributed by atoms with Crippen LogP contribution in [0.3, 0.4) is 0 Å². The number of aromatic nitrogens is 2. The van der Waals surface area contributed by atoms with Gasteiger partial charge in [0.15, 0.2) is 0 Å². The lowest BCUT2D eigenvalue weighted by molar-refractivity contribution is 0.0697. The van der Waals surface area contributed by atoms with Crippen molar-refractivity contribution in [1.29, 1.82) is 0 Å². The maximum Gasteiger partial charge on any atom is 0.335 e. The molecule has 6 nitrogen and oxygen atoms in total. The molecule has 0 atom stereocenters. The molecule has 160 valence electrons. The quantitative estimate of drug-likeness (QED) is 0.261. The fourth-order valence-corrected chi connectivity index (χ4v) is 3.62. The summed E-state index contributed by atoms with van der Waals surface area (Å²) in [5.74, 6) is -0.960. The predicted octanol–water partition coefficient (Wildman–Crippen LogP) is 5.84. The minimum Gasteiger partial charge on any atom is -0.478 e. The number of aromatic carboxylic acids is 1. The van der Waals surface area contributed by atoms with Crippen LogP contribution in [0.2, 0.25) is 0 Å². The van der Waals surface area contributed by atoms with E-state index in [1.165, 1.54) is 0 Å². The number of carboxylic acid groups (broad SMARTS) is 1. The third kappa shape index (κ3) is 4.36.